The van der Waals surface area contributed by atoms with Crippen molar-refractivity contribution in [3.05, 3.63) is 18.1 Å². The molecule has 1 aliphatic carbocycles. The van der Waals surface area contributed by atoms with Crippen molar-refractivity contribution in [3.8, 4) is 5.88 Å². The van der Waals surface area contributed by atoms with Gasteiger partial charge in [0, 0.05) is 12.4 Å². The second-order valence-corrected chi connectivity index (χ2v) is 4.75. The van der Waals surface area contributed by atoms with E-state index in [9.17, 15) is 0 Å². The molecule has 0 spiro atoms. The van der Waals surface area contributed by atoms with Crippen LogP contribution in [-0.4, -0.2) is 21.1 Å². The highest BCUT2D eigenvalue weighted by molar-refractivity contribution is 7.80. The second kappa shape index (κ2) is 5.91. The lowest BCUT2D eigenvalue weighted by atomic mass is 10.1. The van der Waals surface area contributed by atoms with Crippen LogP contribution in [0.1, 0.15) is 44.2 Å². The van der Waals surface area contributed by atoms with Crippen molar-refractivity contribution in [3.63, 3.8) is 0 Å². The molecule has 2 rings (SSSR count). The van der Waals surface area contributed by atoms with Crippen molar-refractivity contribution in [1.29, 1.82) is 0 Å². The molecule has 4 nitrogen and oxygen atoms in total. The standard InChI is InChI=1S/C12H17N3OS/c13-11(17)10-12(15-8-7-14-10)16-9-5-3-1-2-4-6-9/h7-9H,1-6H2,(H2,13,17). The van der Waals surface area contributed by atoms with Crippen LogP contribution in [0.2, 0.25) is 0 Å². The van der Waals surface area contributed by atoms with Gasteiger partial charge in [0.2, 0.25) is 5.88 Å². The topological polar surface area (TPSA) is 61.0 Å². The van der Waals surface area contributed by atoms with Gasteiger partial charge in [-0.05, 0) is 25.7 Å². The molecular weight excluding hydrogens is 234 g/mol. The van der Waals surface area contributed by atoms with Gasteiger partial charge in [0.05, 0.1) is 0 Å². The zero-order valence-electron chi connectivity index (χ0n) is 9.76. The van der Waals surface area contributed by atoms with Crippen LogP contribution in [0.3, 0.4) is 0 Å². The smallest absolute Gasteiger partial charge is 0.243 e. The van der Waals surface area contributed by atoms with Crippen LogP contribution in [-0.2, 0) is 0 Å². The van der Waals surface area contributed by atoms with Crippen LogP contribution < -0.4 is 10.5 Å². The maximum atomic E-state index is 5.89. The molecule has 92 valence electrons. The molecule has 1 aliphatic rings. The maximum Gasteiger partial charge on any atom is 0.243 e. The maximum absolute atomic E-state index is 5.89. The Balaban J connectivity index is 2.09. The molecule has 0 unspecified atom stereocenters. The Morgan fingerprint density at radius 3 is 2.47 bits per heavy atom. The van der Waals surface area contributed by atoms with E-state index >= 15 is 0 Å². The number of nitrogens with two attached hydrogens (primary N) is 1. The van der Waals surface area contributed by atoms with E-state index in [0.29, 0.717) is 11.6 Å². The predicted octanol–water partition coefficient (Wildman–Crippen LogP) is 2.21. The van der Waals surface area contributed by atoms with E-state index in [0.717, 1.165) is 12.8 Å². The van der Waals surface area contributed by atoms with Gasteiger partial charge in [0.15, 0.2) is 5.69 Å². The Labute approximate surface area is 107 Å². The van der Waals surface area contributed by atoms with Crippen molar-refractivity contribution >= 4 is 17.2 Å². The number of aromatic nitrogens is 2. The molecule has 0 atom stereocenters. The van der Waals surface area contributed by atoms with Crippen LogP contribution in [0.4, 0.5) is 0 Å². The molecule has 5 heteroatoms. The summed E-state index contributed by atoms with van der Waals surface area (Å²) >= 11 is 4.94. The van der Waals surface area contributed by atoms with E-state index in [1.165, 1.54) is 25.7 Å². The van der Waals surface area contributed by atoms with Crippen molar-refractivity contribution in [2.45, 2.75) is 44.6 Å². The van der Waals surface area contributed by atoms with Gasteiger partial charge in [-0.25, -0.2) is 9.97 Å². The highest BCUT2D eigenvalue weighted by Crippen LogP contribution is 2.22. The number of ether oxygens (including phenoxy) is 1. The minimum Gasteiger partial charge on any atom is -0.473 e. The van der Waals surface area contributed by atoms with Crippen LogP contribution in [0.25, 0.3) is 0 Å². The number of thiocarbonyl (C=S) groups is 1. The fraction of sp³-hybridized carbons (Fsp3) is 0.583. The zero-order chi connectivity index (χ0) is 12.1. The molecule has 1 heterocycles. The van der Waals surface area contributed by atoms with E-state index in [-0.39, 0.29) is 11.1 Å². The van der Waals surface area contributed by atoms with Crippen molar-refractivity contribution in [2.75, 3.05) is 0 Å². The summed E-state index contributed by atoms with van der Waals surface area (Å²) in [5.41, 5.74) is 6.09. The van der Waals surface area contributed by atoms with E-state index in [1.807, 2.05) is 0 Å². The summed E-state index contributed by atoms with van der Waals surface area (Å²) < 4.78 is 5.89. The first-order valence-corrected chi connectivity index (χ1v) is 6.45. The quantitative estimate of drug-likeness (QED) is 0.659. The molecule has 0 amide bonds. The minimum atomic E-state index is 0.224. The Morgan fingerprint density at radius 1 is 1.18 bits per heavy atom. The highest BCUT2D eigenvalue weighted by atomic mass is 32.1. The largest absolute Gasteiger partial charge is 0.473 e. The van der Waals surface area contributed by atoms with E-state index < -0.39 is 0 Å². The van der Waals surface area contributed by atoms with Crippen LogP contribution >= 0.6 is 12.2 Å². The molecule has 1 aromatic rings. The average Bonchev–Trinajstić information content (AvgIpc) is 2.58. The molecule has 1 saturated carbocycles. The molecule has 1 aromatic heterocycles. The van der Waals surface area contributed by atoms with Gasteiger partial charge >= 0.3 is 0 Å². The van der Waals surface area contributed by atoms with Gasteiger partial charge < -0.3 is 10.5 Å². The Hall–Kier alpha value is -1.23. The first-order valence-electron chi connectivity index (χ1n) is 6.05. The van der Waals surface area contributed by atoms with E-state index in [4.69, 9.17) is 22.7 Å². The Bertz CT molecular complexity index is 389. The second-order valence-electron chi connectivity index (χ2n) is 4.31. The molecule has 0 aliphatic heterocycles. The minimum absolute atomic E-state index is 0.224. The van der Waals surface area contributed by atoms with Gasteiger partial charge in [0.1, 0.15) is 11.1 Å². The van der Waals surface area contributed by atoms with Gasteiger partial charge in [0.25, 0.3) is 0 Å². The summed E-state index contributed by atoms with van der Waals surface area (Å²) in [5, 5.41) is 0. The number of nitrogens with zero attached hydrogens (tertiary/aromatic N) is 2. The summed E-state index contributed by atoms with van der Waals surface area (Å²) in [5.74, 6) is 0.479. The first-order chi connectivity index (χ1) is 8.27. The summed E-state index contributed by atoms with van der Waals surface area (Å²) in [6, 6.07) is 0. The third kappa shape index (κ3) is 3.36. The predicted molar refractivity (Wildman–Crippen MR) is 70.0 cm³/mol. The lowest BCUT2D eigenvalue weighted by Gasteiger charge is -2.17. The van der Waals surface area contributed by atoms with Crippen LogP contribution in [0, 0.1) is 0 Å². The summed E-state index contributed by atoms with van der Waals surface area (Å²) in [4.78, 5) is 8.52. The lowest BCUT2D eigenvalue weighted by Crippen LogP contribution is -2.20. The van der Waals surface area contributed by atoms with E-state index in [2.05, 4.69) is 9.97 Å². The molecule has 1 fully saturated rings. The zero-order valence-corrected chi connectivity index (χ0v) is 10.6. The first kappa shape index (κ1) is 12.2. The number of hydrogen-bond acceptors (Lipinski definition) is 4. The van der Waals surface area contributed by atoms with Crippen LogP contribution in [0.15, 0.2) is 12.4 Å². The Morgan fingerprint density at radius 2 is 1.82 bits per heavy atom. The van der Waals surface area contributed by atoms with Gasteiger partial charge in [-0.2, -0.15) is 0 Å². The summed E-state index contributed by atoms with van der Waals surface area (Å²) in [6.45, 7) is 0. The lowest BCUT2D eigenvalue weighted by molar-refractivity contribution is 0.175. The third-order valence-corrected chi connectivity index (χ3v) is 3.17. The van der Waals surface area contributed by atoms with Crippen molar-refractivity contribution < 1.29 is 4.74 Å². The fourth-order valence-corrected chi connectivity index (χ4v) is 2.24. The average molecular weight is 251 g/mol. The molecule has 2 N–H and O–H groups in total. The number of rotatable bonds is 3. The highest BCUT2D eigenvalue weighted by Gasteiger charge is 2.17. The van der Waals surface area contributed by atoms with Crippen molar-refractivity contribution in [2.24, 2.45) is 5.73 Å². The SMILES string of the molecule is NC(=S)c1nccnc1OC1CCCCCC1. The van der Waals surface area contributed by atoms with Gasteiger partial charge in [-0.15, -0.1) is 0 Å². The normalized spacial score (nSPS) is 17.4. The molecule has 0 bridgehead atoms. The van der Waals surface area contributed by atoms with E-state index in [1.54, 1.807) is 12.4 Å². The fourth-order valence-electron chi connectivity index (χ4n) is 2.10. The summed E-state index contributed by atoms with van der Waals surface area (Å²) in [6.07, 6.45) is 10.6. The molecule has 0 aromatic carbocycles. The molecule has 0 radical (unpaired) electrons. The molecular formula is C12H17N3OS. The monoisotopic (exact) mass is 251 g/mol. The van der Waals surface area contributed by atoms with Crippen LogP contribution in [0.5, 0.6) is 5.88 Å². The van der Waals surface area contributed by atoms with Crippen molar-refractivity contribution in [1.82, 2.24) is 9.97 Å². The Kier molecular flexibility index (Phi) is 4.25. The van der Waals surface area contributed by atoms with Gasteiger partial charge in [-0.3, -0.25) is 0 Å². The number of hydrogen-bond donors (Lipinski definition) is 1. The third-order valence-electron chi connectivity index (χ3n) is 2.98. The summed E-state index contributed by atoms with van der Waals surface area (Å²) in [7, 11) is 0. The molecule has 17 heavy (non-hydrogen) atoms. The molecule has 0 saturated heterocycles. The van der Waals surface area contributed by atoms with Gasteiger partial charge in [-0.1, -0.05) is 25.1 Å².